The molecule has 0 aliphatic carbocycles. The molecule has 0 bridgehead atoms. The van der Waals surface area contributed by atoms with Crippen molar-refractivity contribution in [1.29, 1.82) is 0 Å². The molecule has 0 saturated heterocycles. The van der Waals surface area contributed by atoms with Gasteiger partial charge in [-0.25, -0.2) is 0 Å². The third-order valence-corrected chi connectivity index (χ3v) is 7.18. The highest BCUT2D eigenvalue weighted by atomic mass is 16.3. The van der Waals surface area contributed by atoms with Crippen molar-refractivity contribution in [3.8, 4) is 0 Å². The summed E-state index contributed by atoms with van der Waals surface area (Å²) in [7, 11) is 0. The topological polar surface area (TPSA) is 20.2 Å². The van der Waals surface area contributed by atoms with Gasteiger partial charge in [-0.05, 0) is 55.9 Å². The smallest absolute Gasteiger partial charge is 0.0798 e. The van der Waals surface area contributed by atoms with Gasteiger partial charge in [-0.2, -0.15) is 0 Å². The van der Waals surface area contributed by atoms with Crippen LogP contribution in [0.15, 0.2) is 127 Å². The van der Waals surface area contributed by atoms with Crippen LogP contribution in [0.2, 0.25) is 0 Å². The standard InChI is InChI=1S/C34H27O/c1-34(35,23-27-17-8-14-24-11-2-5-18-28(24)27)33(31-21-9-15-25-12-3-6-19-29(25)31)32-22-10-16-26-13-4-7-20-30(26)32/h2-22,33,35H,1,23H2. The van der Waals surface area contributed by atoms with Crippen LogP contribution in [-0.2, 0) is 6.42 Å². The van der Waals surface area contributed by atoms with Crippen LogP contribution in [-0.4, -0.2) is 10.7 Å². The lowest BCUT2D eigenvalue weighted by atomic mass is 9.72. The molecule has 0 aromatic heterocycles. The fourth-order valence-electron chi connectivity index (χ4n) is 5.63. The van der Waals surface area contributed by atoms with E-state index in [1.165, 1.54) is 5.39 Å². The first-order chi connectivity index (χ1) is 17.1. The zero-order valence-corrected chi connectivity index (χ0v) is 19.6. The fourth-order valence-corrected chi connectivity index (χ4v) is 5.63. The van der Waals surface area contributed by atoms with Gasteiger partial charge in [0.1, 0.15) is 0 Å². The van der Waals surface area contributed by atoms with Crippen molar-refractivity contribution in [2.24, 2.45) is 0 Å². The van der Waals surface area contributed by atoms with Crippen LogP contribution in [0.5, 0.6) is 0 Å². The Hall–Kier alpha value is -3.94. The molecule has 1 radical (unpaired) electrons. The maximum atomic E-state index is 12.3. The van der Waals surface area contributed by atoms with Crippen molar-refractivity contribution in [3.05, 3.63) is 151 Å². The number of aliphatic hydroxyl groups is 1. The lowest BCUT2D eigenvalue weighted by molar-refractivity contribution is 0.0718. The van der Waals surface area contributed by atoms with Gasteiger partial charge in [0, 0.05) is 12.3 Å². The van der Waals surface area contributed by atoms with E-state index in [1.807, 2.05) is 0 Å². The van der Waals surface area contributed by atoms with Crippen molar-refractivity contribution in [2.75, 3.05) is 0 Å². The van der Waals surface area contributed by atoms with Gasteiger partial charge >= 0.3 is 0 Å². The van der Waals surface area contributed by atoms with Crippen LogP contribution in [0.25, 0.3) is 32.3 Å². The van der Waals surface area contributed by atoms with Crippen LogP contribution in [0.1, 0.15) is 22.6 Å². The highest BCUT2D eigenvalue weighted by Crippen LogP contribution is 2.43. The predicted octanol–water partition coefficient (Wildman–Crippen LogP) is 8.09. The molecule has 1 atom stereocenters. The zero-order chi connectivity index (χ0) is 23.8. The van der Waals surface area contributed by atoms with Crippen molar-refractivity contribution in [3.63, 3.8) is 0 Å². The Kier molecular flexibility index (Phi) is 5.36. The first-order valence-electron chi connectivity index (χ1n) is 12.1. The molecule has 0 amide bonds. The van der Waals surface area contributed by atoms with E-state index in [9.17, 15) is 5.11 Å². The molecule has 35 heavy (non-hydrogen) atoms. The first kappa shape index (κ1) is 21.6. The Bertz CT molecular complexity index is 1570. The number of hydrogen-bond donors (Lipinski definition) is 1. The largest absolute Gasteiger partial charge is 0.389 e. The predicted molar refractivity (Wildman–Crippen MR) is 148 cm³/mol. The van der Waals surface area contributed by atoms with E-state index in [2.05, 4.69) is 134 Å². The molecule has 169 valence electrons. The van der Waals surface area contributed by atoms with Gasteiger partial charge < -0.3 is 5.11 Å². The Morgan fingerprint density at radius 3 is 1.46 bits per heavy atom. The number of rotatable bonds is 5. The molecule has 0 spiro atoms. The van der Waals surface area contributed by atoms with Crippen molar-refractivity contribution in [2.45, 2.75) is 17.9 Å². The molecule has 1 unspecified atom stereocenters. The summed E-state index contributed by atoms with van der Waals surface area (Å²) in [4.78, 5) is 0. The molecule has 0 heterocycles. The number of fused-ring (bicyclic) bond motifs is 3. The minimum Gasteiger partial charge on any atom is -0.389 e. The molecule has 0 fully saturated rings. The second-order valence-electron chi connectivity index (χ2n) is 9.49. The lowest BCUT2D eigenvalue weighted by Crippen LogP contribution is -2.36. The van der Waals surface area contributed by atoms with Gasteiger partial charge in [0.25, 0.3) is 0 Å². The van der Waals surface area contributed by atoms with Gasteiger partial charge in [0.2, 0.25) is 0 Å². The quantitative estimate of drug-likeness (QED) is 0.281. The molecule has 6 aromatic carbocycles. The molecule has 6 aromatic rings. The van der Waals surface area contributed by atoms with E-state index in [1.54, 1.807) is 0 Å². The number of benzene rings is 6. The van der Waals surface area contributed by atoms with E-state index < -0.39 is 5.60 Å². The summed E-state index contributed by atoms with van der Waals surface area (Å²) >= 11 is 0. The molecule has 0 aliphatic heterocycles. The molecule has 1 N–H and O–H groups in total. The molecular weight excluding hydrogens is 424 g/mol. The van der Waals surface area contributed by atoms with Gasteiger partial charge in [-0.3, -0.25) is 0 Å². The highest BCUT2D eigenvalue weighted by molar-refractivity contribution is 5.91. The summed E-state index contributed by atoms with van der Waals surface area (Å²) in [5, 5.41) is 19.3. The Morgan fingerprint density at radius 1 is 0.514 bits per heavy atom. The lowest BCUT2D eigenvalue weighted by Gasteiger charge is -2.35. The van der Waals surface area contributed by atoms with Gasteiger partial charge in [0.05, 0.1) is 5.60 Å². The normalized spacial score (nSPS) is 13.5. The summed E-state index contributed by atoms with van der Waals surface area (Å²) in [6.45, 7) is 4.49. The van der Waals surface area contributed by atoms with E-state index in [4.69, 9.17) is 0 Å². The summed E-state index contributed by atoms with van der Waals surface area (Å²) in [6, 6.07) is 44.2. The second kappa shape index (κ2) is 8.69. The average Bonchev–Trinajstić information content (AvgIpc) is 2.89. The average molecular weight is 452 g/mol. The Morgan fingerprint density at radius 2 is 0.914 bits per heavy atom. The van der Waals surface area contributed by atoms with E-state index in [0.717, 1.165) is 43.6 Å². The maximum absolute atomic E-state index is 12.3. The van der Waals surface area contributed by atoms with Crippen molar-refractivity contribution in [1.82, 2.24) is 0 Å². The van der Waals surface area contributed by atoms with Crippen LogP contribution < -0.4 is 0 Å². The Labute approximate surface area is 206 Å². The van der Waals surface area contributed by atoms with E-state index in [-0.39, 0.29) is 5.92 Å². The van der Waals surface area contributed by atoms with Gasteiger partial charge in [-0.1, -0.05) is 127 Å². The van der Waals surface area contributed by atoms with Gasteiger partial charge in [0.15, 0.2) is 0 Å². The SMILES string of the molecule is [CH2]C(O)(Cc1cccc2ccccc12)C(c1cccc2ccccc12)c1cccc2ccccc12. The summed E-state index contributed by atoms with van der Waals surface area (Å²) < 4.78 is 0. The summed E-state index contributed by atoms with van der Waals surface area (Å²) in [6.07, 6.45) is 0.436. The van der Waals surface area contributed by atoms with Crippen molar-refractivity contribution < 1.29 is 5.11 Å². The second-order valence-corrected chi connectivity index (χ2v) is 9.49. The minimum atomic E-state index is -1.28. The molecule has 1 heteroatoms. The van der Waals surface area contributed by atoms with Crippen LogP contribution >= 0.6 is 0 Å². The van der Waals surface area contributed by atoms with E-state index in [0.29, 0.717) is 6.42 Å². The molecule has 0 saturated carbocycles. The molecule has 0 aliphatic rings. The van der Waals surface area contributed by atoms with Crippen LogP contribution in [0.3, 0.4) is 0 Å². The fraction of sp³-hybridized carbons (Fsp3) is 0.0882. The number of hydrogen-bond acceptors (Lipinski definition) is 1. The monoisotopic (exact) mass is 451 g/mol. The first-order valence-corrected chi connectivity index (χ1v) is 12.1. The van der Waals surface area contributed by atoms with Crippen LogP contribution in [0, 0.1) is 6.92 Å². The van der Waals surface area contributed by atoms with E-state index >= 15 is 0 Å². The Balaban J connectivity index is 1.59. The maximum Gasteiger partial charge on any atom is 0.0798 e. The molecule has 6 rings (SSSR count). The van der Waals surface area contributed by atoms with Gasteiger partial charge in [-0.15, -0.1) is 0 Å². The summed E-state index contributed by atoms with van der Waals surface area (Å²) in [5.41, 5.74) is 2.01. The third-order valence-electron chi connectivity index (χ3n) is 7.18. The van der Waals surface area contributed by atoms with Crippen LogP contribution in [0.4, 0.5) is 0 Å². The third kappa shape index (κ3) is 3.88. The molecular formula is C34H27O. The highest BCUT2D eigenvalue weighted by Gasteiger charge is 2.37. The molecule has 1 nitrogen and oxygen atoms in total. The zero-order valence-electron chi connectivity index (χ0n) is 19.6. The minimum absolute atomic E-state index is 0.321. The van der Waals surface area contributed by atoms with Crippen molar-refractivity contribution >= 4 is 32.3 Å². The summed E-state index contributed by atoms with van der Waals surface area (Å²) in [5.74, 6) is -0.321.